The summed E-state index contributed by atoms with van der Waals surface area (Å²) in [6.07, 6.45) is 1.87. The molecule has 39 heavy (non-hydrogen) atoms. The van der Waals surface area contributed by atoms with Crippen LogP contribution in [0.3, 0.4) is 0 Å². The second-order valence-electron chi connectivity index (χ2n) is 8.91. The van der Waals surface area contributed by atoms with E-state index < -0.39 is 0 Å². The van der Waals surface area contributed by atoms with Crippen LogP contribution in [0, 0.1) is 0 Å². The van der Waals surface area contributed by atoms with Crippen LogP contribution in [0.25, 0.3) is 6.08 Å². The SMILES string of the molecule is COc1cc(/C=C2/SC(=Nc3ccccc3)N([C@H](C)c3ccccc3)C2=O)cc(Br)c1OCc1ccccc1. The molecule has 0 aliphatic carbocycles. The van der Waals surface area contributed by atoms with E-state index in [0.29, 0.717) is 28.2 Å². The van der Waals surface area contributed by atoms with Crippen LogP contribution in [0.5, 0.6) is 11.5 Å². The van der Waals surface area contributed by atoms with Gasteiger partial charge in [-0.05, 0) is 81.6 Å². The largest absolute Gasteiger partial charge is 0.493 e. The fourth-order valence-corrected chi connectivity index (χ4v) is 5.89. The second-order valence-corrected chi connectivity index (χ2v) is 10.8. The first-order chi connectivity index (χ1) is 19.0. The monoisotopic (exact) mass is 598 g/mol. The van der Waals surface area contributed by atoms with E-state index in [4.69, 9.17) is 14.5 Å². The molecule has 0 unspecified atom stereocenters. The molecule has 4 aromatic rings. The van der Waals surface area contributed by atoms with E-state index in [1.807, 2.05) is 116 Å². The third-order valence-electron chi connectivity index (χ3n) is 6.26. The molecule has 1 heterocycles. The maximum atomic E-state index is 13.8. The van der Waals surface area contributed by atoms with Gasteiger partial charge in [0, 0.05) is 0 Å². The maximum Gasteiger partial charge on any atom is 0.267 e. The number of nitrogens with zero attached hydrogens (tertiary/aromatic N) is 2. The Morgan fingerprint density at radius 1 is 0.949 bits per heavy atom. The zero-order chi connectivity index (χ0) is 27.2. The number of hydrogen-bond donors (Lipinski definition) is 0. The highest BCUT2D eigenvalue weighted by molar-refractivity contribution is 9.10. The lowest BCUT2D eigenvalue weighted by Gasteiger charge is -2.24. The molecule has 0 spiro atoms. The number of carbonyl (C=O) groups excluding carboxylic acids is 1. The summed E-state index contributed by atoms with van der Waals surface area (Å²) < 4.78 is 12.5. The zero-order valence-electron chi connectivity index (χ0n) is 21.6. The van der Waals surface area contributed by atoms with Crippen LogP contribution in [-0.2, 0) is 11.4 Å². The van der Waals surface area contributed by atoms with Gasteiger partial charge in [-0.1, -0.05) is 78.9 Å². The highest BCUT2D eigenvalue weighted by atomic mass is 79.9. The van der Waals surface area contributed by atoms with Crippen LogP contribution < -0.4 is 9.47 Å². The van der Waals surface area contributed by atoms with Crippen molar-refractivity contribution >= 4 is 50.5 Å². The third-order valence-corrected chi connectivity index (χ3v) is 7.83. The topological polar surface area (TPSA) is 51.1 Å². The van der Waals surface area contributed by atoms with Crippen LogP contribution >= 0.6 is 27.7 Å². The predicted octanol–water partition coefficient (Wildman–Crippen LogP) is 8.40. The van der Waals surface area contributed by atoms with Gasteiger partial charge in [-0.3, -0.25) is 9.69 Å². The van der Waals surface area contributed by atoms with E-state index in [1.54, 1.807) is 12.0 Å². The molecule has 1 amide bonds. The number of amidine groups is 1. The van der Waals surface area contributed by atoms with Crippen LogP contribution in [0.4, 0.5) is 5.69 Å². The third kappa shape index (κ3) is 6.27. The molecule has 5 nitrogen and oxygen atoms in total. The average molecular weight is 600 g/mol. The van der Waals surface area contributed by atoms with Crippen LogP contribution in [0.1, 0.15) is 29.7 Å². The molecule has 1 aliphatic rings. The van der Waals surface area contributed by atoms with Crippen LogP contribution in [-0.4, -0.2) is 23.1 Å². The lowest BCUT2D eigenvalue weighted by molar-refractivity contribution is -0.123. The molecule has 0 bridgehead atoms. The summed E-state index contributed by atoms with van der Waals surface area (Å²) in [7, 11) is 1.61. The Morgan fingerprint density at radius 2 is 1.59 bits per heavy atom. The molecule has 0 saturated carbocycles. The molecule has 5 rings (SSSR count). The minimum atomic E-state index is -0.186. The van der Waals surface area contributed by atoms with Crippen molar-refractivity contribution in [1.29, 1.82) is 0 Å². The Balaban J connectivity index is 1.47. The zero-order valence-corrected chi connectivity index (χ0v) is 24.0. The number of halogens is 1. The van der Waals surface area contributed by atoms with Gasteiger partial charge in [0.1, 0.15) is 6.61 Å². The number of methoxy groups -OCH3 is 1. The van der Waals surface area contributed by atoms with E-state index in [2.05, 4.69) is 15.9 Å². The number of para-hydroxylation sites is 1. The van der Waals surface area contributed by atoms with Crippen molar-refractivity contribution in [1.82, 2.24) is 4.90 Å². The summed E-state index contributed by atoms with van der Waals surface area (Å²) in [5.74, 6) is 1.10. The number of ether oxygens (including phenoxy) is 2. The molecule has 1 aliphatic heterocycles. The molecule has 0 aromatic heterocycles. The predicted molar refractivity (Wildman–Crippen MR) is 162 cm³/mol. The Morgan fingerprint density at radius 3 is 2.26 bits per heavy atom. The van der Waals surface area contributed by atoms with E-state index in [9.17, 15) is 4.79 Å². The molecular formula is C32H27BrN2O3S. The smallest absolute Gasteiger partial charge is 0.267 e. The maximum absolute atomic E-state index is 13.8. The van der Waals surface area contributed by atoms with E-state index in [0.717, 1.165) is 26.9 Å². The average Bonchev–Trinajstić information content (AvgIpc) is 3.27. The second kappa shape index (κ2) is 12.4. The summed E-state index contributed by atoms with van der Waals surface area (Å²) in [4.78, 5) is 21.0. The van der Waals surface area contributed by atoms with Gasteiger partial charge in [0.05, 0.1) is 28.2 Å². The number of carbonyl (C=O) groups is 1. The lowest BCUT2D eigenvalue weighted by atomic mass is 10.1. The van der Waals surface area contributed by atoms with Crippen molar-refractivity contribution in [3.05, 3.63) is 129 Å². The van der Waals surface area contributed by atoms with Crippen molar-refractivity contribution in [2.45, 2.75) is 19.6 Å². The standard InChI is InChI=1S/C32H27BrN2O3S/c1-22(25-14-8-4-9-15-25)35-31(36)29(39-32(35)34-26-16-10-5-11-17-26)20-24-18-27(33)30(28(19-24)37-2)38-21-23-12-6-3-7-13-23/h3-20,22H,21H2,1-2H3/b29-20+,34-32?/t22-/m1/s1. The van der Waals surface area contributed by atoms with E-state index in [-0.39, 0.29) is 11.9 Å². The summed E-state index contributed by atoms with van der Waals surface area (Å²) in [6.45, 7) is 2.44. The number of thioether (sulfide) groups is 1. The van der Waals surface area contributed by atoms with Gasteiger partial charge >= 0.3 is 0 Å². The number of hydrogen-bond acceptors (Lipinski definition) is 5. The first kappa shape index (κ1) is 26.8. The van der Waals surface area contributed by atoms with Crippen LogP contribution in [0.15, 0.2) is 117 Å². The highest BCUT2D eigenvalue weighted by Gasteiger charge is 2.37. The fourth-order valence-electron chi connectivity index (χ4n) is 4.24. The van der Waals surface area contributed by atoms with Crippen molar-refractivity contribution in [2.24, 2.45) is 4.99 Å². The highest BCUT2D eigenvalue weighted by Crippen LogP contribution is 2.42. The van der Waals surface area contributed by atoms with Gasteiger partial charge in [-0.2, -0.15) is 0 Å². The normalized spacial score (nSPS) is 16.1. The van der Waals surface area contributed by atoms with Gasteiger partial charge in [0.15, 0.2) is 16.7 Å². The molecular weight excluding hydrogens is 572 g/mol. The first-order valence-corrected chi connectivity index (χ1v) is 14.1. The molecule has 0 radical (unpaired) electrons. The Kier molecular flexibility index (Phi) is 8.49. The number of amides is 1. The molecule has 7 heteroatoms. The minimum Gasteiger partial charge on any atom is -0.493 e. The Hall–Kier alpha value is -3.81. The number of aliphatic imine (C=N–C) groups is 1. The molecule has 1 saturated heterocycles. The number of rotatable bonds is 8. The van der Waals surface area contributed by atoms with Gasteiger partial charge in [0.2, 0.25) is 0 Å². The van der Waals surface area contributed by atoms with Gasteiger partial charge in [-0.25, -0.2) is 4.99 Å². The van der Waals surface area contributed by atoms with Crippen molar-refractivity contribution in [3.63, 3.8) is 0 Å². The van der Waals surface area contributed by atoms with Gasteiger partial charge < -0.3 is 9.47 Å². The van der Waals surface area contributed by atoms with Crippen molar-refractivity contribution < 1.29 is 14.3 Å². The Bertz CT molecular complexity index is 1510. The minimum absolute atomic E-state index is 0.0921. The van der Waals surface area contributed by atoms with Gasteiger partial charge in [0.25, 0.3) is 5.91 Å². The molecule has 0 N–H and O–H groups in total. The molecule has 1 atom stereocenters. The summed E-state index contributed by atoms with van der Waals surface area (Å²) in [5.41, 5.74) is 3.71. The number of benzene rings is 4. The fraction of sp³-hybridized carbons (Fsp3) is 0.125. The van der Waals surface area contributed by atoms with Gasteiger partial charge in [-0.15, -0.1) is 0 Å². The molecule has 1 fully saturated rings. The Labute approximate surface area is 241 Å². The van der Waals surface area contributed by atoms with Crippen molar-refractivity contribution in [2.75, 3.05) is 7.11 Å². The molecule has 4 aromatic carbocycles. The lowest BCUT2D eigenvalue weighted by Crippen LogP contribution is -2.32. The van der Waals surface area contributed by atoms with E-state index in [1.165, 1.54) is 11.8 Å². The summed E-state index contributed by atoms with van der Waals surface area (Å²) in [5, 5.41) is 0.641. The van der Waals surface area contributed by atoms with Crippen molar-refractivity contribution in [3.8, 4) is 11.5 Å². The summed E-state index contributed by atoms with van der Waals surface area (Å²) >= 11 is 5.01. The quantitative estimate of drug-likeness (QED) is 0.191. The summed E-state index contributed by atoms with van der Waals surface area (Å²) in [6, 6.07) is 33.3. The van der Waals surface area contributed by atoms with Crippen LogP contribution in [0.2, 0.25) is 0 Å². The van der Waals surface area contributed by atoms with E-state index >= 15 is 0 Å². The molecule has 196 valence electrons. The first-order valence-electron chi connectivity index (χ1n) is 12.5.